The third-order valence-electron chi connectivity index (χ3n) is 12.2. The lowest BCUT2D eigenvalue weighted by molar-refractivity contribution is 0.622. The van der Waals surface area contributed by atoms with E-state index in [1.807, 2.05) is 12.1 Å². The first kappa shape index (κ1) is 33.3. The zero-order chi connectivity index (χ0) is 37.3. The van der Waals surface area contributed by atoms with Crippen molar-refractivity contribution < 1.29 is 0 Å². The van der Waals surface area contributed by atoms with Gasteiger partial charge in [-0.2, -0.15) is 0 Å². The molecule has 3 heterocycles. The van der Waals surface area contributed by atoms with Gasteiger partial charge in [0, 0.05) is 27.5 Å². The van der Waals surface area contributed by atoms with Gasteiger partial charge in [-0.3, -0.25) is 0 Å². The summed E-state index contributed by atoms with van der Waals surface area (Å²) in [6.45, 7) is 9.87. The summed E-state index contributed by atoms with van der Waals surface area (Å²) in [5.41, 5.74) is 19.5. The van der Waals surface area contributed by atoms with E-state index in [2.05, 4.69) is 191 Å². The van der Waals surface area contributed by atoms with Gasteiger partial charge >= 0.3 is 0 Å². The van der Waals surface area contributed by atoms with Crippen molar-refractivity contribution in [3.05, 3.63) is 198 Å². The highest BCUT2D eigenvalue weighted by atomic mass is 14.9. The smallest absolute Gasteiger partial charge is 0.228 e. The van der Waals surface area contributed by atoms with Crippen molar-refractivity contribution in [1.82, 2.24) is 9.97 Å². The van der Waals surface area contributed by atoms with Crippen LogP contribution in [0.1, 0.15) is 49.9 Å². The Morgan fingerprint density at radius 1 is 0.345 bits per heavy atom. The second-order valence-corrected chi connectivity index (χ2v) is 16.2. The second-order valence-electron chi connectivity index (χ2n) is 16.2. The van der Waals surface area contributed by atoms with Gasteiger partial charge in [0.25, 0.3) is 0 Å². The van der Waals surface area contributed by atoms with E-state index in [0.717, 1.165) is 33.6 Å². The number of aromatic nitrogens is 2. The van der Waals surface area contributed by atoms with E-state index in [4.69, 9.17) is 9.97 Å². The highest BCUT2D eigenvalue weighted by Gasteiger charge is 2.48. The first-order valence-electron chi connectivity index (χ1n) is 19.4. The molecule has 0 spiro atoms. The Bertz CT molecular complexity index is 2630. The summed E-state index contributed by atoms with van der Waals surface area (Å²) >= 11 is 0. The summed E-state index contributed by atoms with van der Waals surface area (Å²) in [4.78, 5) is 10.2. The van der Waals surface area contributed by atoms with Crippen molar-refractivity contribution in [1.29, 1.82) is 0 Å². The van der Waals surface area contributed by atoms with E-state index >= 15 is 0 Å². The van der Waals surface area contributed by atoms with Crippen molar-refractivity contribution >= 4 is 23.1 Å². The number of hydrogen-bond acceptors (Lipinski definition) is 2. The van der Waals surface area contributed by atoms with Gasteiger partial charge in [-0.05, 0) is 62.7 Å². The van der Waals surface area contributed by atoms with Crippen molar-refractivity contribution in [2.75, 3.05) is 0 Å². The zero-order valence-electron chi connectivity index (χ0n) is 31.7. The average molecular weight is 705 g/mol. The molecule has 0 bridgehead atoms. The molecule has 1 aromatic heterocycles. The first-order chi connectivity index (χ1) is 26.8. The fraction of sp³-hybridized carbons (Fsp3) is 0.115. The second kappa shape index (κ2) is 12.6. The van der Waals surface area contributed by atoms with E-state index < -0.39 is 0 Å². The molecule has 0 saturated heterocycles. The molecule has 2 aliphatic rings. The van der Waals surface area contributed by atoms with Crippen LogP contribution in [-0.2, 0) is 10.8 Å². The van der Waals surface area contributed by atoms with Crippen molar-refractivity contribution in [3.63, 3.8) is 0 Å². The maximum atomic E-state index is 5.12. The lowest BCUT2D eigenvalue weighted by Crippen LogP contribution is -2.66. The minimum absolute atomic E-state index is 0.144. The summed E-state index contributed by atoms with van der Waals surface area (Å²) in [6.07, 6.45) is 0. The SMILES string of the molecule is CC1(C)c2ccccc2B2c3ccccc3C(C)(C)c3cc(-c4cccc(-c5cccc(-c6nc(-c7ccccc7)cc(-c7ccccc7)n6)c5)c4)cc1c32. The van der Waals surface area contributed by atoms with Crippen LogP contribution in [0.2, 0.25) is 0 Å². The Labute approximate surface area is 324 Å². The molecular weight excluding hydrogens is 663 g/mol. The third-order valence-corrected chi connectivity index (χ3v) is 12.2. The van der Waals surface area contributed by atoms with Gasteiger partial charge in [0.05, 0.1) is 11.4 Å². The molecule has 0 atom stereocenters. The van der Waals surface area contributed by atoms with Crippen LogP contribution in [0.15, 0.2) is 176 Å². The van der Waals surface area contributed by atoms with Gasteiger partial charge in [-0.25, -0.2) is 9.97 Å². The Morgan fingerprint density at radius 2 is 0.745 bits per heavy atom. The summed E-state index contributed by atoms with van der Waals surface area (Å²) < 4.78 is 0. The first-order valence-corrected chi connectivity index (χ1v) is 19.4. The molecule has 3 heteroatoms. The van der Waals surface area contributed by atoms with Crippen LogP contribution in [0, 0.1) is 0 Å². The molecule has 0 aliphatic carbocycles. The van der Waals surface area contributed by atoms with E-state index in [1.165, 1.54) is 55.3 Å². The lowest BCUT2D eigenvalue weighted by atomic mass is 9.27. The van der Waals surface area contributed by atoms with Crippen LogP contribution in [0.3, 0.4) is 0 Å². The molecule has 0 N–H and O–H groups in total. The predicted octanol–water partition coefficient (Wildman–Crippen LogP) is 10.6. The Kier molecular flexibility index (Phi) is 7.64. The summed E-state index contributed by atoms with van der Waals surface area (Å²) in [7, 11) is 0. The van der Waals surface area contributed by atoms with Crippen molar-refractivity contribution in [2.24, 2.45) is 0 Å². The molecular formula is C52H41BN2. The van der Waals surface area contributed by atoms with Crippen molar-refractivity contribution in [3.8, 4) is 56.2 Å². The molecule has 2 aliphatic heterocycles. The van der Waals surface area contributed by atoms with Gasteiger partial charge in [-0.1, -0.05) is 202 Å². The Hall–Kier alpha value is -6.32. The van der Waals surface area contributed by atoms with Crippen LogP contribution in [0.5, 0.6) is 0 Å². The minimum atomic E-state index is -0.144. The number of fused-ring (bicyclic) bond motifs is 4. The molecule has 10 rings (SSSR count). The monoisotopic (exact) mass is 704 g/mol. The van der Waals surface area contributed by atoms with Crippen LogP contribution >= 0.6 is 0 Å². The maximum absolute atomic E-state index is 5.12. The lowest BCUT2D eigenvalue weighted by Gasteiger charge is -2.47. The van der Waals surface area contributed by atoms with Gasteiger partial charge in [-0.15, -0.1) is 0 Å². The van der Waals surface area contributed by atoms with Gasteiger partial charge in [0.15, 0.2) is 5.82 Å². The number of nitrogens with zero attached hydrogens (tertiary/aromatic N) is 2. The number of hydrogen-bond donors (Lipinski definition) is 0. The van der Waals surface area contributed by atoms with Crippen LogP contribution in [0.25, 0.3) is 56.2 Å². The largest absolute Gasteiger partial charge is 0.242 e. The minimum Gasteiger partial charge on any atom is -0.228 e. The average Bonchev–Trinajstić information content (AvgIpc) is 3.24. The van der Waals surface area contributed by atoms with E-state index in [0.29, 0.717) is 5.82 Å². The molecule has 0 radical (unpaired) electrons. The molecule has 2 nitrogen and oxygen atoms in total. The highest BCUT2D eigenvalue weighted by molar-refractivity contribution is 6.97. The van der Waals surface area contributed by atoms with Crippen molar-refractivity contribution in [2.45, 2.75) is 38.5 Å². The molecule has 55 heavy (non-hydrogen) atoms. The predicted molar refractivity (Wildman–Crippen MR) is 231 cm³/mol. The van der Waals surface area contributed by atoms with E-state index in [1.54, 1.807) is 0 Å². The Morgan fingerprint density at radius 3 is 1.25 bits per heavy atom. The normalized spacial score (nSPS) is 14.4. The molecule has 0 fully saturated rings. The molecule has 0 amide bonds. The van der Waals surface area contributed by atoms with E-state index in [9.17, 15) is 0 Å². The Balaban J connectivity index is 1.10. The molecule has 8 aromatic rings. The van der Waals surface area contributed by atoms with E-state index in [-0.39, 0.29) is 17.5 Å². The fourth-order valence-corrected chi connectivity index (χ4v) is 9.38. The van der Waals surface area contributed by atoms with Gasteiger partial charge < -0.3 is 0 Å². The topological polar surface area (TPSA) is 25.8 Å². The summed E-state index contributed by atoms with van der Waals surface area (Å²) in [5, 5.41) is 0. The van der Waals surface area contributed by atoms with Crippen LogP contribution < -0.4 is 16.4 Å². The molecule has 7 aromatic carbocycles. The quantitative estimate of drug-likeness (QED) is 0.167. The van der Waals surface area contributed by atoms with Gasteiger partial charge in [0.2, 0.25) is 6.71 Å². The standard InChI is InChI=1S/C52H41BN2/c1-51(2)41-25-11-13-27-45(41)53-46-28-14-12-26-42(46)52(3,4)44-32-40(31-43(51)49(44)53)38-23-15-21-36(29-38)37-22-16-24-39(30-37)50-54-47(34-17-7-5-8-18-34)33-48(55-50)35-19-9-6-10-20-35/h5-33H,1-4H3. The number of rotatable bonds is 5. The summed E-state index contributed by atoms with van der Waals surface area (Å²) in [6, 6.07) is 63.8. The molecule has 262 valence electrons. The zero-order valence-corrected chi connectivity index (χ0v) is 31.7. The van der Waals surface area contributed by atoms with Gasteiger partial charge in [0.1, 0.15) is 0 Å². The fourth-order valence-electron chi connectivity index (χ4n) is 9.38. The highest BCUT2D eigenvalue weighted by Crippen LogP contribution is 2.43. The van der Waals surface area contributed by atoms with Crippen LogP contribution in [0.4, 0.5) is 0 Å². The maximum Gasteiger partial charge on any atom is 0.242 e. The summed E-state index contributed by atoms with van der Waals surface area (Å²) in [5.74, 6) is 0.714. The molecule has 0 unspecified atom stereocenters. The number of benzene rings is 7. The van der Waals surface area contributed by atoms with Crippen LogP contribution in [-0.4, -0.2) is 16.7 Å². The molecule has 0 saturated carbocycles. The third kappa shape index (κ3) is 5.41.